The fourth-order valence-corrected chi connectivity index (χ4v) is 5.08. The lowest BCUT2D eigenvalue weighted by molar-refractivity contribution is -0.150. The van der Waals surface area contributed by atoms with Crippen LogP contribution in [0, 0.1) is 6.92 Å². The number of methoxy groups -OCH3 is 2. The van der Waals surface area contributed by atoms with E-state index in [-0.39, 0.29) is 0 Å². The Morgan fingerprint density at radius 2 is 1.87 bits per heavy atom. The normalized spacial score (nSPS) is 12.0. The van der Waals surface area contributed by atoms with Gasteiger partial charge in [-0.3, -0.25) is 0 Å². The van der Waals surface area contributed by atoms with Crippen molar-refractivity contribution in [2.75, 3.05) is 27.4 Å². The van der Waals surface area contributed by atoms with E-state index in [1.807, 2.05) is 49.6 Å². The number of aliphatic carboxylic acids is 1. The minimum absolute atomic E-state index is 0.312. The molecule has 0 radical (unpaired) electrons. The third kappa shape index (κ3) is 6.46. The van der Waals surface area contributed by atoms with Crippen LogP contribution in [-0.2, 0) is 22.4 Å². The molecule has 4 rings (SSSR count). The lowest BCUT2D eigenvalue weighted by Crippen LogP contribution is -2.26. The molecule has 0 fully saturated rings. The predicted octanol–water partition coefficient (Wildman–Crippen LogP) is 6.32. The highest BCUT2D eigenvalue weighted by Gasteiger charge is 2.21. The van der Waals surface area contributed by atoms with Crippen molar-refractivity contribution < 1.29 is 33.3 Å². The lowest BCUT2D eigenvalue weighted by Gasteiger charge is -2.15. The van der Waals surface area contributed by atoms with Crippen molar-refractivity contribution in [2.24, 2.45) is 0 Å². The summed E-state index contributed by atoms with van der Waals surface area (Å²) in [4.78, 5) is 16.4. The summed E-state index contributed by atoms with van der Waals surface area (Å²) in [5.74, 6) is 2.34. The number of nitrogens with zero attached hydrogens (tertiary/aromatic N) is 1. The monoisotopic (exact) mass is 539 g/mol. The number of unbranched alkanes of at least 4 members (excludes halogenated alkanes) is 1. The second kappa shape index (κ2) is 12.8. The van der Waals surface area contributed by atoms with E-state index in [9.17, 15) is 9.90 Å². The molecule has 0 amide bonds. The van der Waals surface area contributed by atoms with Crippen molar-refractivity contribution in [1.29, 1.82) is 0 Å². The molecule has 0 spiro atoms. The van der Waals surface area contributed by atoms with Crippen LogP contribution in [-0.4, -0.2) is 49.6 Å². The average molecular weight is 540 g/mol. The Kier molecular flexibility index (Phi) is 9.25. The first-order valence-corrected chi connectivity index (χ1v) is 13.5. The Balaban J connectivity index is 1.44. The quantitative estimate of drug-likeness (QED) is 0.186. The molecule has 38 heavy (non-hydrogen) atoms. The van der Waals surface area contributed by atoms with Crippen molar-refractivity contribution in [3.05, 3.63) is 58.8 Å². The number of hydrogen-bond donors (Lipinski definition) is 1. The van der Waals surface area contributed by atoms with Crippen LogP contribution in [0.1, 0.15) is 36.8 Å². The molecule has 2 aromatic carbocycles. The number of oxazole rings is 1. The number of thiophene rings is 1. The lowest BCUT2D eigenvalue weighted by atomic mass is 10.1. The van der Waals surface area contributed by atoms with Crippen LogP contribution in [0.15, 0.2) is 46.2 Å². The minimum Gasteiger partial charge on any atom is -0.497 e. The van der Waals surface area contributed by atoms with Crippen molar-refractivity contribution in [2.45, 2.75) is 45.6 Å². The van der Waals surface area contributed by atoms with Gasteiger partial charge in [-0.05, 0) is 48.6 Å². The molecule has 0 aliphatic rings. The van der Waals surface area contributed by atoms with Gasteiger partial charge in [-0.15, -0.1) is 11.3 Å². The summed E-state index contributed by atoms with van der Waals surface area (Å²) in [6.45, 7) is 4.79. The molecule has 2 aromatic heterocycles. The number of benzene rings is 2. The minimum atomic E-state index is -0.944. The van der Waals surface area contributed by atoms with Gasteiger partial charge < -0.3 is 28.5 Å². The van der Waals surface area contributed by atoms with Crippen molar-refractivity contribution >= 4 is 27.4 Å². The fraction of sp³-hybridized carbons (Fsp3) is 0.379. The Morgan fingerprint density at radius 3 is 2.55 bits per heavy atom. The summed E-state index contributed by atoms with van der Waals surface area (Å²) >= 11 is 1.57. The third-order valence-corrected chi connectivity index (χ3v) is 7.23. The maximum atomic E-state index is 11.7. The molecule has 8 nitrogen and oxygen atoms in total. The van der Waals surface area contributed by atoms with E-state index in [2.05, 4.69) is 4.98 Å². The number of carboxylic acids is 1. The summed E-state index contributed by atoms with van der Waals surface area (Å²) in [7, 11) is 3.20. The number of carboxylic acid groups (broad SMARTS) is 1. The highest BCUT2D eigenvalue weighted by Crippen LogP contribution is 2.34. The van der Waals surface area contributed by atoms with Gasteiger partial charge >= 0.3 is 5.97 Å². The second-order valence-corrected chi connectivity index (χ2v) is 9.78. The molecule has 0 aliphatic heterocycles. The summed E-state index contributed by atoms with van der Waals surface area (Å²) in [5.41, 5.74) is 2.52. The molecule has 202 valence electrons. The highest BCUT2D eigenvalue weighted by atomic mass is 32.1. The van der Waals surface area contributed by atoms with Gasteiger partial charge in [0, 0.05) is 41.2 Å². The van der Waals surface area contributed by atoms with Gasteiger partial charge in [-0.1, -0.05) is 19.4 Å². The number of ether oxygens (including phenoxy) is 4. The van der Waals surface area contributed by atoms with E-state index < -0.39 is 12.1 Å². The van der Waals surface area contributed by atoms with Crippen LogP contribution in [0.4, 0.5) is 0 Å². The van der Waals surface area contributed by atoms with Crippen LogP contribution in [0.2, 0.25) is 0 Å². The number of fused-ring (bicyclic) bond motifs is 1. The van der Waals surface area contributed by atoms with Gasteiger partial charge in [-0.2, -0.15) is 0 Å². The molecular weight excluding hydrogens is 506 g/mol. The van der Waals surface area contributed by atoms with E-state index in [4.69, 9.17) is 23.4 Å². The molecule has 0 saturated carbocycles. The van der Waals surface area contributed by atoms with E-state index in [0.29, 0.717) is 43.4 Å². The molecule has 1 unspecified atom stereocenters. The SMILES string of the molecule is CCCCOC(Cc1ccc(OCCc2nc(-c3cc(OC)cc(OC)c3)oc2C)c2ccsc12)C(=O)O. The Hall–Kier alpha value is -3.56. The number of carbonyl (C=O) groups is 1. The Morgan fingerprint density at radius 1 is 1.11 bits per heavy atom. The van der Waals surface area contributed by atoms with Crippen LogP contribution in [0.25, 0.3) is 21.5 Å². The topological polar surface area (TPSA) is 100 Å². The molecule has 0 aliphatic carbocycles. The Bertz CT molecular complexity index is 1350. The first-order valence-electron chi connectivity index (χ1n) is 12.6. The van der Waals surface area contributed by atoms with Gasteiger partial charge in [0.1, 0.15) is 23.0 Å². The number of rotatable bonds is 14. The van der Waals surface area contributed by atoms with Crippen molar-refractivity contribution in [1.82, 2.24) is 4.98 Å². The van der Waals surface area contributed by atoms with Crippen LogP contribution in [0.3, 0.4) is 0 Å². The number of aryl methyl sites for hydroxylation is 1. The zero-order chi connectivity index (χ0) is 27.1. The maximum absolute atomic E-state index is 11.7. The fourth-order valence-electron chi connectivity index (χ4n) is 4.14. The predicted molar refractivity (Wildman–Crippen MR) is 147 cm³/mol. The van der Waals surface area contributed by atoms with Gasteiger partial charge in [0.05, 0.1) is 26.5 Å². The molecule has 9 heteroatoms. The first kappa shape index (κ1) is 27.5. The summed E-state index contributed by atoms with van der Waals surface area (Å²) in [5, 5.41) is 12.6. The summed E-state index contributed by atoms with van der Waals surface area (Å²) in [6.07, 6.45) is 1.80. The average Bonchev–Trinajstić information content (AvgIpc) is 3.56. The van der Waals surface area contributed by atoms with Gasteiger partial charge in [-0.25, -0.2) is 9.78 Å². The Labute approximate surface area is 226 Å². The highest BCUT2D eigenvalue weighted by molar-refractivity contribution is 7.17. The maximum Gasteiger partial charge on any atom is 0.333 e. The molecule has 1 atom stereocenters. The molecule has 0 saturated heterocycles. The molecule has 1 N–H and O–H groups in total. The first-order chi connectivity index (χ1) is 18.4. The molecule has 0 bridgehead atoms. The summed E-state index contributed by atoms with van der Waals surface area (Å²) < 4.78 is 29.4. The summed E-state index contributed by atoms with van der Waals surface area (Å²) in [6, 6.07) is 11.3. The van der Waals surface area contributed by atoms with Crippen molar-refractivity contribution in [3.63, 3.8) is 0 Å². The van der Waals surface area contributed by atoms with Gasteiger partial charge in [0.2, 0.25) is 5.89 Å². The van der Waals surface area contributed by atoms with Crippen molar-refractivity contribution in [3.8, 4) is 28.7 Å². The zero-order valence-corrected chi connectivity index (χ0v) is 22.9. The number of hydrogen-bond acceptors (Lipinski definition) is 8. The number of aromatic nitrogens is 1. The van der Waals surface area contributed by atoms with E-state index in [1.165, 1.54) is 0 Å². The van der Waals surface area contributed by atoms with Crippen LogP contribution in [0.5, 0.6) is 17.2 Å². The third-order valence-electron chi connectivity index (χ3n) is 6.24. The van der Waals surface area contributed by atoms with Gasteiger partial charge in [0.25, 0.3) is 0 Å². The van der Waals surface area contributed by atoms with Crippen LogP contribution < -0.4 is 14.2 Å². The standard InChI is InChI=1S/C29H33NO7S/c1-5-6-11-35-26(29(31)32)16-19-7-8-25(23-10-13-38-27(19)23)36-12-9-24-18(2)37-28(30-24)20-14-21(33-3)17-22(15-20)34-4/h7-8,10,13-15,17,26H,5-6,9,11-12,16H2,1-4H3,(H,31,32). The second-order valence-electron chi connectivity index (χ2n) is 8.86. The van der Waals surface area contributed by atoms with E-state index in [1.54, 1.807) is 31.6 Å². The molecule has 4 aromatic rings. The zero-order valence-electron chi connectivity index (χ0n) is 22.1. The van der Waals surface area contributed by atoms with Gasteiger partial charge in [0.15, 0.2) is 6.10 Å². The molecular formula is C29H33NO7S. The smallest absolute Gasteiger partial charge is 0.333 e. The van der Waals surface area contributed by atoms with E-state index >= 15 is 0 Å². The molecule has 2 heterocycles. The van der Waals surface area contributed by atoms with Crippen LogP contribution >= 0.6 is 11.3 Å². The van der Waals surface area contributed by atoms with E-state index in [0.717, 1.165) is 51.3 Å². The largest absolute Gasteiger partial charge is 0.497 e.